The molecule has 0 unspecified atom stereocenters. The summed E-state index contributed by atoms with van der Waals surface area (Å²) < 4.78 is 27.8. The number of nitrogens with one attached hydrogen (secondary N) is 2. The van der Waals surface area contributed by atoms with Gasteiger partial charge in [-0.1, -0.05) is 102 Å². The van der Waals surface area contributed by atoms with Crippen molar-refractivity contribution >= 4 is 5.71 Å². The summed E-state index contributed by atoms with van der Waals surface area (Å²) in [6.07, 6.45) is 16.5. The molecule has 0 aliphatic carbocycles. The fourth-order valence-electron chi connectivity index (χ4n) is 3.42. The van der Waals surface area contributed by atoms with E-state index >= 15 is 0 Å². The van der Waals surface area contributed by atoms with Crippen molar-refractivity contribution in [2.24, 2.45) is 0 Å². The van der Waals surface area contributed by atoms with E-state index in [1.54, 1.807) is 32.1 Å². The maximum Gasteiger partial charge on any atom is 0.213 e. The zero-order valence-electron chi connectivity index (χ0n) is 25.0. The number of halogens is 2. The van der Waals surface area contributed by atoms with Gasteiger partial charge in [0.25, 0.3) is 0 Å². The summed E-state index contributed by atoms with van der Waals surface area (Å²) in [5.41, 5.74) is 5.18. The van der Waals surface area contributed by atoms with Gasteiger partial charge in [0.1, 0.15) is 5.82 Å². The Morgan fingerprint density at radius 2 is 1.59 bits per heavy atom. The number of benzene rings is 1. The van der Waals surface area contributed by atoms with Gasteiger partial charge in [-0.3, -0.25) is 0 Å². The van der Waals surface area contributed by atoms with Gasteiger partial charge < -0.3 is 10.7 Å². The average molecular weight is 538 g/mol. The number of nitrogens with zero attached hydrogens (tertiary/aromatic N) is 1. The highest BCUT2D eigenvalue weighted by Gasteiger charge is 2.09. The van der Waals surface area contributed by atoms with Crippen LogP contribution in [-0.2, 0) is 6.42 Å². The van der Waals surface area contributed by atoms with Crippen LogP contribution in [0.4, 0.5) is 8.78 Å². The molecule has 0 spiro atoms. The number of hydrogen-bond acceptors (Lipinski definition) is 3. The van der Waals surface area contributed by atoms with Crippen LogP contribution in [0.15, 0.2) is 84.9 Å². The van der Waals surface area contributed by atoms with Crippen molar-refractivity contribution < 1.29 is 8.78 Å². The van der Waals surface area contributed by atoms with Gasteiger partial charge in [0.05, 0.1) is 0 Å². The second kappa shape index (κ2) is 21.6. The van der Waals surface area contributed by atoms with Crippen molar-refractivity contribution in [2.45, 2.75) is 92.9 Å². The maximum atomic E-state index is 14.5. The predicted octanol–water partition coefficient (Wildman–Crippen LogP) is 10.5. The normalized spacial score (nSPS) is 11.0. The summed E-state index contributed by atoms with van der Waals surface area (Å²) in [5, 5.41) is 9.83. The first kappa shape index (κ1) is 35.7. The highest BCUT2D eigenvalue weighted by Crippen LogP contribution is 2.24. The van der Waals surface area contributed by atoms with Crippen molar-refractivity contribution in [3.8, 4) is 11.1 Å². The van der Waals surface area contributed by atoms with E-state index in [2.05, 4.69) is 44.2 Å². The highest BCUT2D eigenvalue weighted by molar-refractivity contribution is 5.75. The minimum absolute atomic E-state index is 0.347. The zero-order valence-corrected chi connectivity index (χ0v) is 25.0. The Hall–Kier alpha value is -3.34. The first-order valence-electron chi connectivity index (χ1n) is 13.9. The first-order chi connectivity index (χ1) is 18.6. The molecule has 5 heteroatoms. The molecule has 1 heterocycles. The van der Waals surface area contributed by atoms with Crippen LogP contribution in [-0.4, -0.2) is 10.7 Å². The summed E-state index contributed by atoms with van der Waals surface area (Å²) in [6.45, 7) is 19.9. The standard InChI is InChI=1S/C24H26F2N2.C7H16.C3H7N/c1-5-7-21(10-8-17(3)6-2)28-18(4)14-19-9-11-22(23(25)15-19)20-12-13-27-24(26)16-20;1-3-5-7-6-4-2;1-3(2)4/h6,8-13,15-16,28H,2,4-5,7,14H2,1,3H3;3-7H2,1-2H3;4H,1-2H3/b17-8-,21-10+;;. The molecule has 39 heavy (non-hydrogen) atoms. The Bertz CT molecular complexity index is 1080. The molecule has 0 atom stereocenters. The Morgan fingerprint density at radius 3 is 2.10 bits per heavy atom. The Labute approximate surface area is 236 Å². The molecule has 3 nitrogen and oxygen atoms in total. The third-order valence-corrected chi connectivity index (χ3v) is 5.42. The van der Waals surface area contributed by atoms with Crippen LogP contribution >= 0.6 is 0 Å². The maximum absolute atomic E-state index is 14.5. The molecule has 0 amide bonds. The van der Waals surface area contributed by atoms with Crippen molar-refractivity contribution in [3.63, 3.8) is 0 Å². The minimum atomic E-state index is -0.630. The zero-order chi connectivity index (χ0) is 29.6. The van der Waals surface area contributed by atoms with Crippen LogP contribution in [0.25, 0.3) is 11.1 Å². The van der Waals surface area contributed by atoms with Crippen molar-refractivity contribution in [3.05, 3.63) is 102 Å². The van der Waals surface area contributed by atoms with Crippen LogP contribution in [0.5, 0.6) is 0 Å². The summed E-state index contributed by atoms with van der Waals surface area (Å²) in [4.78, 5) is 3.50. The monoisotopic (exact) mass is 537 g/mol. The number of pyridine rings is 1. The first-order valence-corrected chi connectivity index (χ1v) is 13.9. The topological polar surface area (TPSA) is 48.8 Å². The van der Waals surface area contributed by atoms with Crippen LogP contribution in [0.1, 0.15) is 92.1 Å². The molecule has 0 saturated carbocycles. The number of allylic oxidation sites excluding steroid dienone is 6. The highest BCUT2D eigenvalue weighted by atomic mass is 19.1. The SMILES string of the molecule is C=C/C(C)=C\C=C(/CCC)NC(=C)Cc1ccc(-c2ccnc(F)c2)c(F)c1.CC(C)=N.CCCCCCC. The third-order valence-electron chi connectivity index (χ3n) is 5.42. The molecule has 0 radical (unpaired) electrons. The van der Waals surface area contributed by atoms with Crippen LogP contribution in [0.3, 0.4) is 0 Å². The minimum Gasteiger partial charge on any atom is -0.362 e. The van der Waals surface area contributed by atoms with Gasteiger partial charge in [0.2, 0.25) is 5.95 Å². The van der Waals surface area contributed by atoms with Crippen molar-refractivity contribution in [1.82, 2.24) is 10.3 Å². The summed E-state index contributed by atoms with van der Waals surface area (Å²) >= 11 is 0. The van der Waals surface area contributed by atoms with Gasteiger partial charge >= 0.3 is 0 Å². The van der Waals surface area contributed by atoms with Crippen LogP contribution < -0.4 is 5.32 Å². The summed E-state index contributed by atoms with van der Waals surface area (Å²) in [5.74, 6) is -1.03. The van der Waals surface area contributed by atoms with E-state index in [4.69, 9.17) is 5.41 Å². The molecule has 1 aromatic carbocycles. The largest absolute Gasteiger partial charge is 0.362 e. The smallest absolute Gasteiger partial charge is 0.213 e. The van der Waals surface area contributed by atoms with E-state index in [0.717, 1.165) is 35.4 Å². The molecular formula is C34H49F2N3. The molecule has 2 rings (SSSR count). The lowest BCUT2D eigenvalue weighted by Gasteiger charge is -2.13. The Balaban J connectivity index is 0.00000111. The van der Waals surface area contributed by atoms with Gasteiger partial charge in [0.15, 0.2) is 0 Å². The number of unbranched alkanes of at least 4 members (excludes halogenated alkanes) is 4. The molecular weight excluding hydrogens is 488 g/mol. The van der Waals surface area contributed by atoms with E-state index in [9.17, 15) is 8.78 Å². The van der Waals surface area contributed by atoms with E-state index in [0.29, 0.717) is 23.3 Å². The Kier molecular flexibility index (Phi) is 19.7. The molecule has 214 valence electrons. The van der Waals surface area contributed by atoms with Gasteiger partial charge in [-0.2, -0.15) is 4.39 Å². The lowest BCUT2D eigenvalue weighted by Crippen LogP contribution is -2.14. The quantitative estimate of drug-likeness (QED) is 0.116. The van der Waals surface area contributed by atoms with E-state index in [-0.39, 0.29) is 0 Å². The molecule has 0 fully saturated rings. The predicted molar refractivity (Wildman–Crippen MR) is 166 cm³/mol. The Morgan fingerprint density at radius 1 is 0.949 bits per heavy atom. The summed E-state index contributed by atoms with van der Waals surface area (Å²) in [7, 11) is 0. The van der Waals surface area contributed by atoms with Crippen molar-refractivity contribution in [2.75, 3.05) is 0 Å². The molecule has 0 aliphatic rings. The lowest BCUT2D eigenvalue weighted by molar-refractivity contribution is 0.584. The van der Waals surface area contributed by atoms with Crippen LogP contribution in [0, 0.1) is 17.2 Å². The molecule has 2 N–H and O–H groups in total. The van der Waals surface area contributed by atoms with Gasteiger partial charge in [-0.25, -0.2) is 9.37 Å². The fourth-order valence-corrected chi connectivity index (χ4v) is 3.42. The van der Waals surface area contributed by atoms with E-state index in [1.807, 2.05) is 25.1 Å². The average Bonchev–Trinajstić information content (AvgIpc) is 2.87. The van der Waals surface area contributed by atoms with E-state index < -0.39 is 11.8 Å². The number of rotatable bonds is 13. The van der Waals surface area contributed by atoms with Crippen LogP contribution in [0.2, 0.25) is 0 Å². The van der Waals surface area contributed by atoms with Gasteiger partial charge in [-0.05, 0) is 56.5 Å². The summed E-state index contributed by atoms with van der Waals surface area (Å²) in [6, 6.07) is 7.76. The number of aromatic nitrogens is 1. The van der Waals surface area contributed by atoms with Gasteiger partial charge in [0, 0.05) is 41.4 Å². The molecule has 0 saturated heterocycles. The second-order valence-electron chi connectivity index (χ2n) is 9.70. The third kappa shape index (κ3) is 17.7. The number of hydrogen-bond donors (Lipinski definition) is 2. The molecule has 0 aliphatic heterocycles. The van der Waals surface area contributed by atoms with Crippen molar-refractivity contribution in [1.29, 1.82) is 5.41 Å². The molecule has 2 aromatic rings. The second-order valence-corrected chi connectivity index (χ2v) is 9.70. The fraction of sp³-hybridized carbons (Fsp3) is 0.412. The van der Waals surface area contributed by atoms with E-state index in [1.165, 1.54) is 50.4 Å². The lowest BCUT2D eigenvalue weighted by atomic mass is 10.0. The molecule has 1 aromatic heterocycles. The molecule has 0 bridgehead atoms. The van der Waals surface area contributed by atoms with Gasteiger partial charge in [-0.15, -0.1) is 0 Å².